The number of carbonyl (C=O) groups is 2. The van der Waals surface area contributed by atoms with Crippen LogP contribution in [0.2, 0.25) is 0 Å². The van der Waals surface area contributed by atoms with Crippen LogP contribution in [0.15, 0.2) is 53.1 Å². The van der Waals surface area contributed by atoms with E-state index in [0.717, 1.165) is 27.8 Å². The van der Waals surface area contributed by atoms with E-state index in [1.54, 1.807) is 23.3 Å². The van der Waals surface area contributed by atoms with E-state index >= 15 is 0 Å². The molecule has 0 atom stereocenters. The Hall–Kier alpha value is -3.28. The molecule has 1 aromatic heterocycles. The maximum Gasteiger partial charge on any atom is 0.321 e. The molecule has 1 saturated heterocycles. The van der Waals surface area contributed by atoms with Gasteiger partial charge in [0.2, 0.25) is 5.91 Å². The third-order valence-corrected chi connectivity index (χ3v) is 4.48. The Labute approximate surface area is 150 Å². The molecule has 2 N–H and O–H groups in total. The minimum absolute atomic E-state index is 0.0936. The minimum atomic E-state index is -0.111. The van der Waals surface area contributed by atoms with Crippen LogP contribution in [0, 0.1) is 6.92 Å². The lowest BCUT2D eigenvalue weighted by Gasteiger charge is -2.14. The molecule has 1 aliphatic heterocycles. The van der Waals surface area contributed by atoms with Crippen molar-refractivity contribution in [2.45, 2.75) is 13.3 Å². The average Bonchev–Trinajstić information content (AvgIpc) is 3.22. The number of nitrogens with zero attached hydrogens (tertiary/aromatic N) is 1. The summed E-state index contributed by atoms with van der Waals surface area (Å²) < 4.78 is 5.54. The third-order valence-electron chi connectivity index (χ3n) is 4.48. The van der Waals surface area contributed by atoms with E-state index < -0.39 is 0 Å². The number of fused-ring (bicyclic) bond motifs is 1. The van der Waals surface area contributed by atoms with Gasteiger partial charge in [0.15, 0.2) is 0 Å². The molecule has 0 spiro atoms. The van der Waals surface area contributed by atoms with Crippen molar-refractivity contribution < 1.29 is 14.0 Å². The number of urea groups is 1. The highest BCUT2D eigenvalue weighted by Crippen LogP contribution is 2.24. The second-order valence-electron chi connectivity index (χ2n) is 6.42. The number of aryl methyl sites for hydroxylation is 1. The predicted octanol–water partition coefficient (Wildman–Crippen LogP) is 3.45. The highest BCUT2D eigenvalue weighted by Gasteiger charge is 2.20. The number of amides is 3. The zero-order chi connectivity index (χ0) is 18.1. The maximum atomic E-state index is 12.4. The molecular weight excluding hydrogens is 330 g/mol. The third kappa shape index (κ3) is 3.13. The topological polar surface area (TPSA) is 74.6 Å². The van der Waals surface area contributed by atoms with Crippen molar-refractivity contribution in [3.05, 3.63) is 59.9 Å². The van der Waals surface area contributed by atoms with Crippen LogP contribution in [0.25, 0.3) is 11.0 Å². The summed E-state index contributed by atoms with van der Waals surface area (Å²) >= 11 is 0. The van der Waals surface area contributed by atoms with Crippen LogP contribution in [0.1, 0.15) is 11.1 Å². The summed E-state index contributed by atoms with van der Waals surface area (Å²) in [6.45, 7) is 3.30. The summed E-state index contributed by atoms with van der Waals surface area (Å²) in [5.74, 6) is -0.111. The van der Waals surface area contributed by atoms with E-state index in [1.165, 1.54) is 0 Å². The SMILES string of the molecule is Cc1ccc2c(CC(=O)Nc3ccc(N4CCNC4=O)cc3)coc2c1. The molecule has 1 aliphatic rings. The first kappa shape index (κ1) is 16.2. The quantitative estimate of drug-likeness (QED) is 0.757. The Kier molecular flexibility index (Phi) is 4.08. The molecule has 6 nitrogen and oxygen atoms in total. The lowest BCUT2D eigenvalue weighted by atomic mass is 10.1. The van der Waals surface area contributed by atoms with Gasteiger partial charge in [-0.2, -0.15) is 0 Å². The van der Waals surface area contributed by atoms with Gasteiger partial charge in [0.05, 0.1) is 12.7 Å². The Balaban J connectivity index is 1.43. The molecular formula is C20H19N3O3. The van der Waals surface area contributed by atoms with Crippen LogP contribution >= 0.6 is 0 Å². The summed E-state index contributed by atoms with van der Waals surface area (Å²) in [5.41, 5.74) is 4.29. The van der Waals surface area contributed by atoms with Crippen LogP contribution in [0.4, 0.5) is 16.2 Å². The van der Waals surface area contributed by atoms with Crippen molar-refractivity contribution >= 4 is 34.3 Å². The molecule has 3 aromatic rings. The van der Waals surface area contributed by atoms with Crippen molar-refractivity contribution in [2.24, 2.45) is 0 Å². The normalized spacial score (nSPS) is 13.9. The zero-order valence-corrected chi connectivity index (χ0v) is 14.4. The Morgan fingerprint density at radius 1 is 1.23 bits per heavy atom. The van der Waals surface area contributed by atoms with Crippen molar-refractivity contribution in [1.82, 2.24) is 5.32 Å². The van der Waals surface area contributed by atoms with Gasteiger partial charge in [-0.25, -0.2) is 4.79 Å². The van der Waals surface area contributed by atoms with Gasteiger partial charge < -0.3 is 15.1 Å². The predicted molar refractivity (Wildman–Crippen MR) is 100 cm³/mol. The van der Waals surface area contributed by atoms with Gasteiger partial charge in [-0.1, -0.05) is 12.1 Å². The number of furan rings is 1. The van der Waals surface area contributed by atoms with Gasteiger partial charge in [0, 0.05) is 35.4 Å². The monoisotopic (exact) mass is 349 g/mol. The molecule has 0 unspecified atom stereocenters. The summed E-state index contributed by atoms with van der Waals surface area (Å²) in [4.78, 5) is 25.7. The Morgan fingerprint density at radius 2 is 2.04 bits per heavy atom. The van der Waals surface area contributed by atoms with Crippen molar-refractivity contribution in [2.75, 3.05) is 23.3 Å². The van der Waals surface area contributed by atoms with E-state index in [0.29, 0.717) is 18.8 Å². The number of nitrogens with one attached hydrogen (secondary N) is 2. The minimum Gasteiger partial charge on any atom is -0.464 e. The second-order valence-corrected chi connectivity index (χ2v) is 6.42. The van der Waals surface area contributed by atoms with Crippen LogP contribution in [-0.2, 0) is 11.2 Å². The first-order valence-electron chi connectivity index (χ1n) is 8.52. The molecule has 2 aromatic carbocycles. The lowest BCUT2D eigenvalue weighted by molar-refractivity contribution is -0.115. The van der Waals surface area contributed by atoms with Gasteiger partial charge in [-0.3, -0.25) is 9.69 Å². The van der Waals surface area contributed by atoms with Gasteiger partial charge in [0.25, 0.3) is 0 Å². The Morgan fingerprint density at radius 3 is 2.77 bits per heavy atom. The lowest BCUT2D eigenvalue weighted by Crippen LogP contribution is -2.27. The van der Waals surface area contributed by atoms with E-state index in [-0.39, 0.29) is 18.4 Å². The molecule has 2 heterocycles. The fourth-order valence-electron chi connectivity index (χ4n) is 3.15. The first-order chi connectivity index (χ1) is 12.6. The molecule has 0 radical (unpaired) electrons. The molecule has 3 amide bonds. The standard InChI is InChI=1S/C20H19N3O3/c1-13-2-7-17-14(12-26-18(17)10-13)11-19(24)22-15-3-5-16(6-4-15)23-9-8-21-20(23)25/h2-7,10,12H,8-9,11H2,1H3,(H,21,25)(H,22,24). The molecule has 0 bridgehead atoms. The van der Waals surface area contributed by atoms with Gasteiger partial charge in [-0.15, -0.1) is 0 Å². The smallest absolute Gasteiger partial charge is 0.321 e. The van der Waals surface area contributed by atoms with E-state index in [2.05, 4.69) is 10.6 Å². The van der Waals surface area contributed by atoms with Crippen LogP contribution < -0.4 is 15.5 Å². The fraction of sp³-hybridized carbons (Fsp3) is 0.200. The Bertz CT molecular complexity index is 976. The molecule has 0 saturated carbocycles. The van der Waals surface area contributed by atoms with Gasteiger partial charge in [-0.05, 0) is 42.8 Å². The van der Waals surface area contributed by atoms with E-state index in [4.69, 9.17) is 4.42 Å². The van der Waals surface area contributed by atoms with Crippen molar-refractivity contribution in [3.8, 4) is 0 Å². The van der Waals surface area contributed by atoms with E-state index in [9.17, 15) is 9.59 Å². The summed E-state index contributed by atoms with van der Waals surface area (Å²) in [6.07, 6.45) is 1.88. The molecule has 26 heavy (non-hydrogen) atoms. The number of hydrogen-bond acceptors (Lipinski definition) is 3. The largest absolute Gasteiger partial charge is 0.464 e. The number of hydrogen-bond donors (Lipinski definition) is 2. The summed E-state index contributed by atoms with van der Waals surface area (Å²) in [7, 11) is 0. The summed E-state index contributed by atoms with van der Waals surface area (Å²) in [6, 6.07) is 13.1. The number of benzene rings is 2. The van der Waals surface area contributed by atoms with Crippen molar-refractivity contribution in [3.63, 3.8) is 0 Å². The van der Waals surface area contributed by atoms with Crippen molar-refractivity contribution in [1.29, 1.82) is 0 Å². The molecule has 4 rings (SSSR count). The van der Waals surface area contributed by atoms with Crippen LogP contribution in [0.5, 0.6) is 0 Å². The van der Waals surface area contributed by atoms with Gasteiger partial charge >= 0.3 is 6.03 Å². The fourth-order valence-corrected chi connectivity index (χ4v) is 3.15. The molecule has 1 fully saturated rings. The molecule has 132 valence electrons. The van der Waals surface area contributed by atoms with Gasteiger partial charge in [0.1, 0.15) is 5.58 Å². The van der Waals surface area contributed by atoms with Crippen LogP contribution in [-0.4, -0.2) is 25.0 Å². The zero-order valence-electron chi connectivity index (χ0n) is 14.4. The van der Waals surface area contributed by atoms with Crippen LogP contribution in [0.3, 0.4) is 0 Å². The highest BCUT2D eigenvalue weighted by molar-refractivity contribution is 5.96. The molecule has 0 aliphatic carbocycles. The number of rotatable bonds is 4. The summed E-state index contributed by atoms with van der Waals surface area (Å²) in [5, 5.41) is 6.61. The first-order valence-corrected chi connectivity index (χ1v) is 8.52. The maximum absolute atomic E-state index is 12.4. The average molecular weight is 349 g/mol. The number of carbonyl (C=O) groups excluding carboxylic acids is 2. The molecule has 6 heteroatoms. The second kappa shape index (κ2) is 6.55. The van der Waals surface area contributed by atoms with E-state index in [1.807, 2.05) is 37.3 Å². The number of anilines is 2. The highest BCUT2D eigenvalue weighted by atomic mass is 16.3.